The van der Waals surface area contributed by atoms with Crippen molar-refractivity contribution in [2.24, 2.45) is 0 Å². The van der Waals surface area contributed by atoms with Crippen molar-refractivity contribution in [1.29, 1.82) is 0 Å². The number of Topliss-reactive ketones (excluding diaryl/α,β-unsaturated/α-hetero) is 1. The number of aliphatic hydroxyl groups excluding tert-OH is 1. The number of carbonyl (C=O) groups excluding carboxylic acids is 1. The minimum Gasteiger partial charge on any atom is -0.384 e. The number of hydrogen-bond donors (Lipinski definition) is 1. The molecule has 26 heavy (non-hydrogen) atoms. The van der Waals surface area contributed by atoms with Crippen molar-refractivity contribution >= 4 is 17.9 Å². The molecule has 3 rings (SSSR count). The van der Waals surface area contributed by atoms with E-state index in [1.807, 2.05) is 84.9 Å². The topological polar surface area (TPSA) is 37.3 Å². The van der Waals surface area contributed by atoms with Crippen LogP contribution in [0.2, 0.25) is 0 Å². The number of carbonyl (C=O) groups is 1. The Hall–Kier alpha value is -3.23. The molecule has 0 aliphatic carbocycles. The molecule has 1 N–H and O–H groups in total. The molecule has 0 spiro atoms. The maximum Gasteiger partial charge on any atom is 0.191 e. The maximum atomic E-state index is 12.9. The molecule has 1 atom stereocenters. The number of rotatable bonds is 6. The predicted molar refractivity (Wildman–Crippen MR) is 107 cm³/mol. The lowest BCUT2D eigenvalue weighted by atomic mass is 9.96. The standard InChI is InChI=1S/C24H20O2/c25-23(17-16-19-10-4-1-5-11-19)22(18-20-12-6-2-7-13-20)24(26)21-14-8-3-9-15-21/h1-18,23,25H/b17-16+,22-18-. The molecule has 0 radical (unpaired) electrons. The number of benzene rings is 3. The maximum absolute atomic E-state index is 12.9. The van der Waals surface area contributed by atoms with Gasteiger partial charge in [0.1, 0.15) is 6.10 Å². The van der Waals surface area contributed by atoms with Crippen LogP contribution in [0.3, 0.4) is 0 Å². The first kappa shape index (κ1) is 17.6. The van der Waals surface area contributed by atoms with Gasteiger partial charge in [0.25, 0.3) is 0 Å². The van der Waals surface area contributed by atoms with Crippen LogP contribution in [-0.4, -0.2) is 17.0 Å². The quantitative estimate of drug-likeness (QED) is 0.505. The smallest absolute Gasteiger partial charge is 0.191 e. The molecule has 1 unspecified atom stereocenters. The molecule has 3 aromatic rings. The summed E-state index contributed by atoms with van der Waals surface area (Å²) in [6.45, 7) is 0. The molecule has 0 bridgehead atoms. The van der Waals surface area contributed by atoms with E-state index in [0.717, 1.165) is 11.1 Å². The van der Waals surface area contributed by atoms with Gasteiger partial charge in [0.05, 0.1) is 0 Å². The molecule has 0 amide bonds. The van der Waals surface area contributed by atoms with E-state index in [4.69, 9.17) is 0 Å². The summed E-state index contributed by atoms with van der Waals surface area (Å²) in [5.74, 6) is -0.181. The van der Waals surface area contributed by atoms with Crippen LogP contribution in [0.25, 0.3) is 12.2 Å². The third kappa shape index (κ3) is 4.65. The van der Waals surface area contributed by atoms with Gasteiger partial charge < -0.3 is 5.11 Å². The lowest BCUT2D eigenvalue weighted by molar-refractivity contribution is 0.100. The first-order valence-corrected chi connectivity index (χ1v) is 8.52. The Balaban J connectivity index is 1.93. The molecular weight excluding hydrogens is 320 g/mol. The van der Waals surface area contributed by atoms with Gasteiger partial charge in [-0.25, -0.2) is 0 Å². The van der Waals surface area contributed by atoms with E-state index in [-0.39, 0.29) is 5.78 Å². The molecule has 0 aliphatic rings. The van der Waals surface area contributed by atoms with Crippen LogP contribution >= 0.6 is 0 Å². The van der Waals surface area contributed by atoms with E-state index in [9.17, 15) is 9.90 Å². The van der Waals surface area contributed by atoms with Crippen molar-refractivity contribution in [3.05, 3.63) is 119 Å². The summed E-state index contributed by atoms with van der Waals surface area (Å²) in [4.78, 5) is 12.9. The SMILES string of the molecule is O=C(/C(=C\c1ccccc1)C(O)/C=C/c1ccccc1)c1ccccc1. The van der Waals surface area contributed by atoms with Crippen molar-refractivity contribution in [2.75, 3.05) is 0 Å². The van der Waals surface area contributed by atoms with Crippen molar-refractivity contribution < 1.29 is 9.90 Å². The third-order valence-corrected chi connectivity index (χ3v) is 4.01. The van der Waals surface area contributed by atoms with E-state index in [2.05, 4.69) is 0 Å². The summed E-state index contributed by atoms with van der Waals surface area (Å²) in [5.41, 5.74) is 2.74. The highest BCUT2D eigenvalue weighted by Crippen LogP contribution is 2.18. The molecular formula is C24H20O2. The minimum atomic E-state index is -0.997. The normalized spacial score (nSPS) is 12.9. The van der Waals surface area contributed by atoms with Gasteiger partial charge in [-0.15, -0.1) is 0 Å². The van der Waals surface area contributed by atoms with Crippen LogP contribution < -0.4 is 0 Å². The molecule has 0 heterocycles. The van der Waals surface area contributed by atoms with Crippen molar-refractivity contribution in [3.63, 3.8) is 0 Å². The fourth-order valence-electron chi connectivity index (χ4n) is 2.64. The first-order valence-electron chi connectivity index (χ1n) is 8.52. The third-order valence-electron chi connectivity index (χ3n) is 4.01. The molecule has 0 fully saturated rings. The second-order valence-electron chi connectivity index (χ2n) is 5.92. The largest absolute Gasteiger partial charge is 0.384 e. The lowest BCUT2D eigenvalue weighted by Crippen LogP contribution is -2.16. The van der Waals surface area contributed by atoms with Crippen LogP contribution in [0.15, 0.2) is 103 Å². The molecule has 0 aromatic heterocycles. The van der Waals surface area contributed by atoms with Gasteiger partial charge in [-0.3, -0.25) is 4.79 Å². The summed E-state index contributed by atoms with van der Waals surface area (Å²) in [6, 6.07) is 28.3. The predicted octanol–water partition coefficient (Wildman–Crippen LogP) is 5.03. The summed E-state index contributed by atoms with van der Waals surface area (Å²) >= 11 is 0. The highest BCUT2D eigenvalue weighted by Gasteiger charge is 2.18. The van der Waals surface area contributed by atoms with Crippen molar-refractivity contribution in [3.8, 4) is 0 Å². The zero-order valence-electron chi connectivity index (χ0n) is 14.3. The zero-order valence-corrected chi connectivity index (χ0v) is 14.3. The van der Waals surface area contributed by atoms with E-state index in [0.29, 0.717) is 11.1 Å². The Labute approximate surface area is 153 Å². The molecule has 3 aromatic carbocycles. The Kier molecular flexibility index (Phi) is 5.92. The molecule has 0 saturated heterocycles. The van der Waals surface area contributed by atoms with Gasteiger partial charge in [0, 0.05) is 11.1 Å². The summed E-state index contributed by atoms with van der Waals surface area (Å²) in [7, 11) is 0. The second-order valence-corrected chi connectivity index (χ2v) is 5.92. The Morgan fingerprint density at radius 3 is 1.81 bits per heavy atom. The monoisotopic (exact) mass is 340 g/mol. The highest BCUT2D eigenvalue weighted by atomic mass is 16.3. The molecule has 128 valence electrons. The van der Waals surface area contributed by atoms with Crippen LogP contribution in [0, 0.1) is 0 Å². The van der Waals surface area contributed by atoms with Crippen LogP contribution in [0.5, 0.6) is 0 Å². The van der Waals surface area contributed by atoms with E-state index in [1.54, 1.807) is 24.3 Å². The summed E-state index contributed by atoms with van der Waals surface area (Å²) in [5, 5.41) is 10.7. The average Bonchev–Trinajstić information content (AvgIpc) is 2.72. The first-order chi connectivity index (χ1) is 12.7. The summed E-state index contributed by atoms with van der Waals surface area (Å²) < 4.78 is 0. The molecule has 0 aliphatic heterocycles. The average molecular weight is 340 g/mol. The summed E-state index contributed by atoms with van der Waals surface area (Å²) in [6.07, 6.45) is 4.21. The van der Waals surface area contributed by atoms with Crippen LogP contribution in [0.1, 0.15) is 21.5 Å². The van der Waals surface area contributed by atoms with E-state index >= 15 is 0 Å². The van der Waals surface area contributed by atoms with Gasteiger partial charge >= 0.3 is 0 Å². The van der Waals surface area contributed by atoms with Gasteiger partial charge in [-0.1, -0.05) is 103 Å². The van der Waals surface area contributed by atoms with Gasteiger partial charge in [-0.2, -0.15) is 0 Å². The number of hydrogen-bond acceptors (Lipinski definition) is 2. The van der Waals surface area contributed by atoms with Gasteiger partial charge in [0.2, 0.25) is 0 Å². The van der Waals surface area contributed by atoms with Crippen molar-refractivity contribution in [1.82, 2.24) is 0 Å². The number of aliphatic hydroxyl groups is 1. The number of ketones is 1. The zero-order chi connectivity index (χ0) is 18.2. The highest BCUT2D eigenvalue weighted by molar-refractivity contribution is 6.12. The van der Waals surface area contributed by atoms with Crippen LogP contribution in [0.4, 0.5) is 0 Å². The lowest BCUT2D eigenvalue weighted by Gasteiger charge is -2.11. The molecule has 2 nitrogen and oxygen atoms in total. The fraction of sp³-hybridized carbons (Fsp3) is 0.0417. The van der Waals surface area contributed by atoms with Crippen molar-refractivity contribution in [2.45, 2.75) is 6.10 Å². The van der Waals surface area contributed by atoms with Crippen LogP contribution in [-0.2, 0) is 0 Å². The second kappa shape index (κ2) is 8.75. The minimum absolute atomic E-state index is 0.181. The van der Waals surface area contributed by atoms with E-state index in [1.165, 1.54) is 0 Å². The molecule has 2 heteroatoms. The molecule has 0 saturated carbocycles. The van der Waals surface area contributed by atoms with Gasteiger partial charge in [0.15, 0.2) is 5.78 Å². The fourth-order valence-corrected chi connectivity index (χ4v) is 2.64. The Morgan fingerprint density at radius 2 is 1.23 bits per heavy atom. The Morgan fingerprint density at radius 1 is 0.731 bits per heavy atom. The van der Waals surface area contributed by atoms with Gasteiger partial charge in [-0.05, 0) is 17.2 Å². The Bertz CT molecular complexity index is 895. The van der Waals surface area contributed by atoms with E-state index < -0.39 is 6.10 Å².